The van der Waals surface area contributed by atoms with E-state index in [9.17, 15) is 9.18 Å². The Morgan fingerprint density at radius 1 is 1.00 bits per heavy atom. The second-order valence-electron chi connectivity index (χ2n) is 5.64. The first-order valence-electron chi connectivity index (χ1n) is 7.84. The predicted molar refractivity (Wildman–Crippen MR) is 101 cm³/mol. The Kier molecular flexibility index (Phi) is 4.56. The summed E-state index contributed by atoms with van der Waals surface area (Å²) in [6, 6.07) is 14.3. The van der Waals surface area contributed by atoms with Gasteiger partial charge < -0.3 is 9.15 Å². The molecule has 0 unspecified atom stereocenters. The lowest BCUT2D eigenvalue weighted by Crippen LogP contribution is -2.07. The second-order valence-corrected chi connectivity index (χ2v) is 6.49. The zero-order chi connectivity index (χ0) is 19.0. The average molecular weight is 402 g/mol. The third kappa shape index (κ3) is 3.52. The Hall–Kier alpha value is -2.89. The predicted octanol–water partition coefficient (Wildman–Crippen LogP) is 5.74. The number of cyclic esters (lactones) is 1. The normalized spacial score (nSPS) is 15.1. The molecule has 0 fully saturated rings. The maximum Gasteiger partial charge on any atom is 0.363 e. The highest BCUT2D eigenvalue weighted by Crippen LogP contribution is 2.32. The zero-order valence-electron chi connectivity index (χ0n) is 13.6. The summed E-state index contributed by atoms with van der Waals surface area (Å²) >= 11 is 12.1. The number of rotatable bonds is 3. The number of carbonyl (C=O) groups is 1. The van der Waals surface area contributed by atoms with Crippen molar-refractivity contribution in [2.75, 3.05) is 0 Å². The van der Waals surface area contributed by atoms with Crippen LogP contribution in [-0.4, -0.2) is 11.9 Å². The van der Waals surface area contributed by atoms with Gasteiger partial charge in [-0.3, -0.25) is 0 Å². The summed E-state index contributed by atoms with van der Waals surface area (Å²) in [6.45, 7) is 0. The van der Waals surface area contributed by atoms with E-state index in [1.165, 1.54) is 18.2 Å². The highest BCUT2D eigenvalue weighted by Gasteiger charge is 2.26. The van der Waals surface area contributed by atoms with Crippen LogP contribution in [0.4, 0.5) is 4.39 Å². The lowest BCUT2D eigenvalue weighted by atomic mass is 10.2. The molecule has 0 saturated carbocycles. The molecule has 4 rings (SSSR count). The molecule has 0 N–H and O–H groups in total. The van der Waals surface area contributed by atoms with Crippen molar-refractivity contribution in [2.24, 2.45) is 4.99 Å². The maximum atomic E-state index is 13.8. The number of ether oxygens (including phenoxy) is 1. The van der Waals surface area contributed by atoms with E-state index in [2.05, 4.69) is 4.99 Å². The number of benzene rings is 2. The Labute approximate surface area is 163 Å². The molecule has 27 heavy (non-hydrogen) atoms. The van der Waals surface area contributed by atoms with Crippen molar-refractivity contribution in [3.05, 3.63) is 87.5 Å². The van der Waals surface area contributed by atoms with Gasteiger partial charge in [0.2, 0.25) is 5.90 Å². The molecule has 0 radical (unpaired) electrons. The fourth-order valence-electron chi connectivity index (χ4n) is 2.56. The van der Waals surface area contributed by atoms with Gasteiger partial charge in [0.05, 0.1) is 10.6 Å². The van der Waals surface area contributed by atoms with Gasteiger partial charge in [-0.25, -0.2) is 14.2 Å². The summed E-state index contributed by atoms with van der Waals surface area (Å²) in [5.74, 6) is -0.412. The average Bonchev–Trinajstić information content (AvgIpc) is 3.23. The molecular formula is C20H10Cl2FNO3. The summed E-state index contributed by atoms with van der Waals surface area (Å²) in [6.07, 6.45) is 1.42. The van der Waals surface area contributed by atoms with Crippen LogP contribution in [0.2, 0.25) is 10.0 Å². The van der Waals surface area contributed by atoms with Crippen molar-refractivity contribution in [3.63, 3.8) is 0 Å². The summed E-state index contributed by atoms with van der Waals surface area (Å²) in [4.78, 5) is 16.1. The zero-order valence-corrected chi connectivity index (χ0v) is 15.1. The molecule has 7 heteroatoms. The molecule has 3 aromatic rings. The van der Waals surface area contributed by atoms with Gasteiger partial charge in [0, 0.05) is 16.7 Å². The molecule has 0 atom stereocenters. The molecule has 0 saturated heterocycles. The van der Waals surface area contributed by atoms with Gasteiger partial charge in [0.15, 0.2) is 5.70 Å². The molecule has 1 aromatic heterocycles. The number of nitrogens with zero attached hydrogens (tertiary/aromatic N) is 1. The number of esters is 1. The molecule has 4 nitrogen and oxygen atoms in total. The monoisotopic (exact) mass is 401 g/mol. The van der Waals surface area contributed by atoms with Crippen LogP contribution in [0, 0.1) is 5.82 Å². The van der Waals surface area contributed by atoms with Crippen LogP contribution in [0.5, 0.6) is 0 Å². The van der Waals surface area contributed by atoms with Crippen molar-refractivity contribution in [1.29, 1.82) is 0 Å². The SMILES string of the molecule is O=C1OC(c2ccccc2F)=N/C1=C\c1ccc(-c2ccc(Cl)cc2Cl)o1. The Morgan fingerprint density at radius 2 is 1.81 bits per heavy atom. The van der Waals surface area contributed by atoms with Gasteiger partial charge in [-0.15, -0.1) is 0 Å². The van der Waals surface area contributed by atoms with Crippen LogP contribution in [0.25, 0.3) is 17.4 Å². The van der Waals surface area contributed by atoms with Gasteiger partial charge >= 0.3 is 5.97 Å². The summed E-state index contributed by atoms with van der Waals surface area (Å²) in [5, 5.41) is 0.956. The van der Waals surface area contributed by atoms with Crippen molar-refractivity contribution >= 4 is 41.1 Å². The van der Waals surface area contributed by atoms with Gasteiger partial charge in [0.25, 0.3) is 0 Å². The lowest BCUT2D eigenvalue weighted by Gasteiger charge is -2.00. The Balaban J connectivity index is 1.65. The van der Waals surface area contributed by atoms with Crippen molar-refractivity contribution in [3.8, 4) is 11.3 Å². The van der Waals surface area contributed by atoms with Gasteiger partial charge in [-0.1, -0.05) is 35.3 Å². The lowest BCUT2D eigenvalue weighted by molar-refractivity contribution is -0.129. The van der Waals surface area contributed by atoms with E-state index in [-0.39, 0.29) is 17.2 Å². The van der Waals surface area contributed by atoms with E-state index < -0.39 is 11.8 Å². The second kappa shape index (κ2) is 7.02. The first-order chi connectivity index (χ1) is 13.0. The van der Waals surface area contributed by atoms with Crippen molar-refractivity contribution < 1.29 is 18.3 Å². The highest BCUT2D eigenvalue weighted by atomic mass is 35.5. The highest BCUT2D eigenvalue weighted by molar-refractivity contribution is 6.36. The van der Waals surface area contributed by atoms with E-state index >= 15 is 0 Å². The molecule has 0 aliphatic carbocycles. The van der Waals surface area contributed by atoms with Gasteiger partial charge in [-0.2, -0.15) is 0 Å². The first-order valence-corrected chi connectivity index (χ1v) is 8.59. The quantitative estimate of drug-likeness (QED) is 0.415. The first kappa shape index (κ1) is 17.5. The fourth-order valence-corrected chi connectivity index (χ4v) is 3.06. The number of furan rings is 1. The van der Waals surface area contributed by atoms with E-state index in [0.29, 0.717) is 27.1 Å². The van der Waals surface area contributed by atoms with Crippen molar-refractivity contribution in [1.82, 2.24) is 0 Å². The fraction of sp³-hybridized carbons (Fsp3) is 0. The minimum Gasteiger partial charge on any atom is -0.457 e. The Bertz CT molecular complexity index is 1120. The molecule has 0 bridgehead atoms. The van der Waals surface area contributed by atoms with Crippen LogP contribution in [-0.2, 0) is 9.53 Å². The van der Waals surface area contributed by atoms with Crippen molar-refractivity contribution in [2.45, 2.75) is 0 Å². The van der Waals surface area contributed by atoms with Crippen LogP contribution in [0.15, 0.2) is 69.7 Å². The van der Waals surface area contributed by atoms with Gasteiger partial charge in [-0.05, 0) is 42.5 Å². The molecule has 1 aliphatic rings. The minimum atomic E-state index is -0.685. The maximum absolute atomic E-state index is 13.8. The number of carbonyl (C=O) groups excluding carboxylic acids is 1. The summed E-state index contributed by atoms with van der Waals surface area (Å²) < 4.78 is 24.6. The third-order valence-electron chi connectivity index (χ3n) is 3.83. The van der Waals surface area contributed by atoms with Gasteiger partial charge in [0.1, 0.15) is 17.3 Å². The van der Waals surface area contributed by atoms with Crippen LogP contribution >= 0.6 is 23.2 Å². The van der Waals surface area contributed by atoms with E-state index in [0.717, 1.165) is 0 Å². The number of aliphatic imine (C=N–C) groups is 1. The van der Waals surface area contributed by atoms with Crippen LogP contribution < -0.4 is 0 Å². The minimum absolute atomic E-state index is 0.0105. The molecule has 2 heterocycles. The molecule has 134 valence electrons. The standard InChI is InChI=1S/C20H10Cl2FNO3/c21-11-5-7-13(15(22)9-11)18-8-6-12(26-18)10-17-20(25)27-19(24-17)14-3-1-2-4-16(14)23/h1-10H/b17-10-. The smallest absolute Gasteiger partial charge is 0.363 e. The molecule has 0 amide bonds. The molecule has 1 aliphatic heterocycles. The molecule has 2 aromatic carbocycles. The summed E-state index contributed by atoms with van der Waals surface area (Å²) in [5.41, 5.74) is 0.786. The van der Waals surface area contributed by atoms with E-state index in [1.807, 2.05) is 0 Å². The third-order valence-corrected chi connectivity index (χ3v) is 4.37. The molecular weight excluding hydrogens is 392 g/mol. The molecule has 0 spiro atoms. The number of hydrogen-bond acceptors (Lipinski definition) is 4. The van der Waals surface area contributed by atoms with Crippen LogP contribution in [0.1, 0.15) is 11.3 Å². The summed E-state index contributed by atoms with van der Waals surface area (Å²) in [7, 11) is 0. The topological polar surface area (TPSA) is 51.8 Å². The van der Waals surface area contributed by atoms with Crippen LogP contribution in [0.3, 0.4) is 0 Å². The number of hydrogen-bond donors (Lipinski definition) is 0. The number of halogens is 3. The van der Waals surface area contributed by atoms with E-state index in [4.69, 9.17) is 32.4 Å². The Morgan fingerprint density at radius 3 is 2.59 bits per heavy atom. The van der Waals surface area contributed by atoms with E-state index in [1.54, 1.807) is 42.5 Å². The largest absolute Gasteiger partial charge is 0.457 e.